The lowest BCUT2D eigenvalue weighted by molar-refractivity contribution is 0.118. The lowest BCUT2D eigenvalue weighted by Crippen LogP contribution is -2.36. The zero-order valence-electron chi connectivity index (χ0n) is 6.16. The molecule has 0 aliphatic carbocycles. The third-order valence-electron chi connectivity index (χ3n) is 1.82. The zero-order valence-corrected chi connectivity index (χ0v) is 6.16. The summed E-state index contributed by atoms with van der Waals surface area (Å²) in [5.74, 6) is 0. The summed E-state index contributed by atoms with van der Waals surface area (Å²) >= 11 is 0. The van der Waals surface area contributed by atoms with Crippen LogP contribution in [0.3, 0.4) is 0 Å². The summed E-state index contributed by atoms with van der Waals surface area (Å²) in [5, 5.41) is 17.4. The Morgan fingerprint density at radius 1 is 1.82 bits per heavy atom. The number of aliphatic hydroxyl groups is 1. The fourth-order valence-corrected chi connectivity index (χ4v) is 1.26. The number of nitrogens with zero attached hydrogens (tertiary/aromatic N) is 1. The standard InChI is InChI=1S/C7H11NO3/c1-5-2-6(4-9)8(3-5)7(10)11/h6,9H,1-4H2,(H,10,11). The van der Waals surface area contributed by atoms with E-state index in [2.05, 4.69) is 6.58 Å². The molecule has 62 valence electrons. The van der Waals surface area contributed by atoms with Crippen LogP contribution in [-0.2, 0) is 0 Å². The fraction of sp³-hybridized carbons (Fsp3) is 0.571. The summed E-state index contributed by atoms with van der Waals surface area (Å²) in [6.45, 7) is 3.91. The van der Waals surface area contributed by atoms with Crippen molar-refractivity contribution < 1.29 is 15.0 Å². The van der Waals surface area contributed by atoms with Crippen LogP contribution in [0.25, 0.3) is 0 Å². The Morgan fingerprint density at radius 2 is 2.45 bits per heavy atom. The van der Waals surface area contributed by atoms with Gasteiger partial charge in [0.2, 0.25) is 0 Å². The molecule has 1 atom stereocenters. The molecule has 1 fully saturated rings. The van der Waals surface area contributed by atoms with Crippen molar-refractivity contribution in [1.29, 1.82) is 0 Å². The van der Waals surface area contributed by atoms with E-state index in [9.17, 15) is 4.79 Å². The van der Waals surface area contributed by atoms with Crippen molar-refractivity contribution in [2.75, 3.05) is 13.2 Å². The van der Waals surface area contributed by atoms with Crippen LogP contribution in [0.1, 0.15) is 6.42 Å². The van der Waals surface area contributed by atoms with Gasteiger partial charge in [0.05, 0.1) is 12.6 Å². The molecule has 1 unspecified atom stereocenters. The van der Waals surface area contributed by atoms with Crippen LogP contribution >= 0.6 is 0 Å². The smallest absolute Gasteiger partial charge is 0.407 e. The highest BCUT2D eigenvalue weighted by Crippen LogP contribution is 2.20. The maximum atomic E-state index is 10.5. The highest BCUT2D eigenvalue weighted by molar-refractivity contribution is 5.66. The second kappa shape index (κ2) is 2.92. The molecule has 0 aromatic heterocycles. The van der Waals surface area contributed by atoms with Crippen LogP contribution in [0.5, 0.6) is 0 Å². The zero-order chi connectivity index (χ0) is 8.43. The predicted molar refractivity (Wildman–Crippen MR) is 39.4 cm³/mol. The van der Waals surface area contributed by atoms with Gasteiger partial charge in [-0.2, -0.15) is 0 Å². The van der Waals surface area contributed by atoms with Gasteiger partial charge in [0, 0.05) is 6.54 Å². The first-order valence-electron chi connectivity index (χ1n) is 3.42. The molecule has 1 aliphatic heterocycles. The minimum atomic E-state index is -0.984. The second-order valence-electron chi connectivity index (χ2n) is 2.70. The molecule has 1 aliphatic rings. The molecular formula is C7H11NO3. The van der Waals surface area contributed by atoms with Gasteiger partial charge in [-0.05, 0) is 6.42 Å². The van der Waals surface area contributed by atoms with Crippen molar-refractivity contribution in [1.82, 2.24) is 4.90 Å². The Labute approximate surface area is 64.7 Å². The van der Waals surface area contributed by atoms with Crippen molar-refractivity contribution in [2.45, 2.75) is 12.5 Å². The van der Waals surface area contributed by atoms with Gasteiger partial charge in [0.25, 0.3) is 0 Å². The van der Waals surface area contributed by atoms with Crippen LogP contribution in [0.2, 0.25) is 0 Å². The largest absolute Gasteiger partial charge is 0.465 e. The monoisotopic (exact) mass is 157 g/mol. The number of hydrogen-bond donors (Lipinski definition) is 2. The lowest BCUT2D eigenvalue weighted by atomic mass is 10.2. The normalized spacial score (nSPS) is 24.3. The summed E-state index contributed by atoms with van der Waals surface area (Å²) in [6.07, 6.45) is -0.397. The van der Waals surface area contributed by atoms with E-state index < -0.39 is 6.09 Å². The summed E-state index contributed by atoms with van der Waals surface area (Å²) < 4.78 is 0. The molecule has 0 aromatic carbocycles. The highest BCUT2D eigenvalue weighted by Gasteiger charge is 2.29. The number of hydrogen-bond acceptors (Lipinski definition) is 2. The van der Waals surface area contributed by atoms with Crippen LogP contribution in [0.15, 0.2) is 12.2 Å². The molecule has 0 saturated carbocycles. The van der Waals surface area contributed by atoms with Gasteiger partial charge in [-0.1, -0.05) is 12.2 Å². The summed E-state index contributed by atoms with van der Waals surface area (Å²) in [4.78, 5) is 11.7. The first kappa shape index (κ1) is 8.07. The molecule has 11 heavy (non-hydrogen) atoms. The Bertz CT molecular complexity index is 190. The van der Waals surface area contributed by atoms with E-state index in [1.54, 1.807) is 0 Å². The maximum absolute atomic E-state index is 10.5. The van der Waals surface area contributed by atoms with Crippen LogP contribution in [0, 0.1) is 0 Å². The third-order valence-corrected chi connectivity index (χ3v) is 1.82. The van der Waals surface area contributed by atoms with Crippen LogP contribution in [-0.4, -0.2) is 40.4 Å². The summed E-state index contributed by atoms with van der Waals surface area (Å²) in [6, 6.07) is -0.278. The number of rotatable bonds is 1. The van der Waals surface area contributed by atoms with Crippen molar-refractivity contribution in [3.8, 4) is 0 Å². The number of carboxylic acid groups (broad SMARTS) is 1. The van der Waals surface area contributed by atoms with Crippen molar-refractivity contribution in [2.24, 2.45) is 0 Å². The number of aliphatic hydroxyl groups excluding tert-OH is 1. The molecule has 1 rings (SSSR count). The minimum absolute atomic E-state index is 0.120. The van der Waals surface area contributed by atoms with E-state index >= 15 is 0 Å². The van der Waals surface area contributed by atoms with Gasteiger partial charge in [0.1, 0.15) is 0 Å². The van der Waals surface area contributed by atoms with Crippen molar-refractivity contribution in [3.05, 3.63) is 12.2 Å². The number of amides is 1. The van der Waals surface area contributed by atoms with E-state index in [4.69, 9.17) is 10.2 Å². The topological polar surface area (TPSA) is 60.8 Å². The molecule has 1 heterocycles. The SMILES string of the molecule is C=C1CC(CO)N(C(=O)O)C1. The molecule has 1 saturated heterocycles. The van der Waals surface area contributed by atoms with Crippen molar-refractivity contribution in [3.63, 3.8) is 0 Å². The van der Waals surface area contributed by atoms with E-state index in [0.29, 0.717) is 13.0 Å². The molecule has 0 bridgehead atoms. The van der Waals surface area contributed by atoms with Gasteiger partial charge in [-0.15, -0.1) is 0 Å². The molecule has 0 spiro atoms. The average Bonchev–Trinajstić information content (AvgIpc) is 2.30. The lowest BCUT2D eigenvalue weighted by Gasteiger charge is -2.17. The first-order valence-corrected chi connectivity index (χ1v) is 3.42. The highest BCUT2D eigenvalue weighted by atomic mass is 16.4. The minimum Gasteiger partial charge on any atom is -0.465 e. The van der Waals surface area contributed by atoms with Gasteiger partial charge in [0.15, 0.2) is 0 Å². The Morgan fingerprint density at radius 3 is 2.82 bits per heavy atom. The quantitative estimate of drug-likeness (QED) is 0.538. The molecule has 1 amide bonds. The average molecular weight is 157 g/mol. The summed E-state index contributed by atoms with van der Waals surface area (Å²) in [5.41, 5.74) is 0.867. The predicted octanol–water partition coefficient (Wildman–Crippen LogP) is 0.287. The Balaban J connectivity index is 2.64. The van der Waals surface area contributed by atoms with E-state index in [0.717, 1.165) is 5.57 Å². The van der Waals surface area contributed by atoms with Crippen LogP contribution in [0.4, 0.5) is 4.79 Å². The Hall–Kier alpha value is -1.03. The van der Waals surface area contributed by atoms with E-state index in [1.807, 2.05) is 0 Å². The van der Waals surface area contributed by atoms with Gasteiger partial charge >= 0.3 is 6.09 Å². The van der Waals surface area contributed by atoms with E-state index in [1.165, 1.54) is 4.90 Å². The molecule has 4 nitrogen and oxygen atoms in total. The number of carbonyl (C=O) groups is 1. The maximum Gasteiger partial charge on any atom is 0.407 e. The van der Waals surface area contributed by atoms with E-state index in [-0.39, 0.29) is 12.6 Å². The molecule has 4 heteroatoms. The molecule has 0 aromatic rings. The molecule has 0 radical (unpaired) electrons. The van der Waals surface area contributed by atoms with Crippen LogP contribution < -0.4 is 0 Å². The number of likely N-dealkylation sites (tertiary alicyclic amines) is 1. The Kier molecular flexibility index (Phi) is 2.14. The molecule has 2 N–H and O–H groups in total. The van der Waals surface area contributed by atoms with Gasteiger partial charge < -0.3 is 10.2 Å². The molecular weight excluding hydrogens is 146 g/mol. The fourth-order valence-electron chi connectivity index (χ4n) is 1.26. The van der Waals surface area contributed by atoms with Gasteiger partial charge in [-0.25, -0.2) is 4.79 Å². The van der Waals surface area contributed by atoms with Crippen molar-refractivity contribution >= 4 is 6.09 Å². The second-order valence-corrected chi connectivity index (χ2v) is 2.70. The third kappa shape index (κ3) is 1.51. The van der Waals surface area contributed by atoms with Gasteiger partial charge in [-0.3, -0.25) is 4.90 Å². The first-order chi connectivity index (χ1) is 5.15. The summed E-state index contributed by atoms with van der Waals surface area (Å²) in [7, 11) is 0.